The summed E-state index contributed by atoms with van der Waals surface area (Å²) in [5.74, 6) is 0.209. The van der Waals surface area contributed by atoms with E-state index in [1.165, 1.54) is 6.07 Å². The number of fused-ring (bicyclic) bond motifs is 1. The Labute approximate surface area is 180 Å². The smallest absolute Gasteiger partial charge is 0.285 e. The average Bonchev–Trinajstić information content (AvgIpc) is 3.46. The number of anilines is 2. The van der Waals surface area contributed by atoms with Crippen LogP contribution in [-0.4, -0.2) is 50.1 Å². The van der Waals surface area contributed by atoms with Crippen molar-refractivity contribution >= 4 is 39.0 Å². The lowest BCUT2D eigenvalue weighted by Gasteiger charge is -2.26. The molecule has 2 fully saturated rings. The van der Waals surface area contributed by atoms with E-state index in [-0.39, 0.29) is 16.7 Å². The number of amides is 2. The molecule has 3 aliphatic rings. The van der Waals surface area contributed by atoms with E-state index in [2.05, 4.69) is 9.71 Å². The normalized spacial score (nSPS) is 21.9. The van der Waals surface area contributed by atoms with Crippen LogP contribution in [0, 0.1) is 0 Å². The Morgan fingerprint density at radius 3 is 2.71 bits per heavy atom. The third kappa shape index (κ3) is 3.48. The SMILES string of the molecule is O=C(Nc1cccc(N2CCCC2=O)c1)[C@@H]1CCCN1C1=NS(=O)(=O)c2ccccc21. The summed E-state index contributed by atoms with van der Waals surface area (Å²) in [6.07, 6.45) is 2.75. The summed E-state index contributed by atoms with van der Waals surface area (Å²) in [7, 11) is -3.74. The predicted octanol–water partition coefficient (Wildman–Crippen LogP) is 2.37. The van der Waals surface area contributed by atoms with E-state index >= 15 is 0 Å². The van der Waals surface area contributed by atoms with Gasteiger partial charge in [0.1, 0.15) is 10.9 Å². The molecule has 1 N–H and O–H groups in total. The zero-order valence-corrected chi connectivity index (χ0v) is 17.6. The second kappa shape index (κ2) is 7.49. The number of sulfonamides is 1. The summed E-state index contributed by atoms with van der Waals surface area (Å²) in [6, 6.07) is 13.4. The number of carbonyl (C=O) groups excluding carboxylic acids is 2. The van der Waals surface area contributed by atoms with Crippen molar-refractivity contribution in [2.24, 2.45) is 4.40 Å². The molecule has 160 valence electrons. The first kappa shape index (κ1) is 19.7. The molecule has 2 aromatic carbocycles. The zero-order valence-electron chi connectivity index (χ0n) is 16.8. The van der Waals surface area contributed by atoms with E-state index < -0.39 is 16.1 Å². The van der Waals surface area contributed by atoms with Crippen LogP contribution in [0.15, 0.2) is 57.8 Å². The van der Waals surface area contributed by atoms with E-state index in [4.69, 9.17) is 0 Å². The van der Waals surface area contributed by atoms with Crippen LogP contribution in [0.3, 0.4) is 0 Å². The summed E-state index contributed by atoms with van der Waals surface area (Å²) >= 11 is 0. The van der Waals surface area contributed by atoms with Crippen molar-refractivity contribution in [1.29, 1.82) is 0 Å². The molecular weight excluding hydrogens is 416 g/mol. The number of amidine groups is 1. The molecule has 2 saturated heterocycles. The summed E-state index contributed by atoms with van der Waals surface area (Å²) in [5, 5.41) is 2.94. The number of rotatable bonds is 3. The van der Waals surface area contributed by atoms with Crippen molar-refractivity contribution in [2.45, 2.75) is 36.6 Å². The van der Waals surface area contributed by atoms with Crippen LogP contribution < -0.4 is 10.2 Å². The van der Waals surface area contributed by atoms with Gasteiger partial charge in [0.15, 0.2) is 5.84 Å². The molecule has 3 heterocycles. The van der Waals surface area contributed by atoms with Crippen LogP contribution in [0.5, 0.6) is 0 Å². The lowest BCUT2D eigenvalue weighted by Crippen LogP contribution is -2.43. The van der Waals surface area contributed by atoms with Gasteiger partial charge < -0.3 is 15.1 Å². The quantitative estimate of drug-likeness (QED) is 0.793. The van der Waals surface area contributed by atoms with Crippen LogP contribution in [0.4, 0.5) is 11.4 Å². The van der Waals surface area contributed by atoms with Gasteiger partial charge in [0, 0.05) is 36.4 Å². The lowest BCUT2D eigenvalue weighted by molar-refractivity contribution is -0.119. The Morgan fingerprint density at radius 2 is 1.90 bits per heavy atom. The first-order chi connectivity index (χ1) is 14.9. The standard InChI is InChI=1S/C22H22N4O4S/c27-20-11-5-12-25(20)16-7-3-6-15(14-16)23-22(28)18-9-4-13-26(18)21-17-8-1-2-10-19(17)31(29,30)24-21/h1-3,6-8,10,14,18H,4-5,9,11-13H2,(H,23,28)/t18-/m0/s1. The monoisotopic (exact) mass is 438 g/mol. The van der Waals surface area contributed by atoms with E-state index in [9.17, 15) is 18.0 Å². The van der Waals surface area contributed by atoms with Crippen LogP contribution in [0.25, 0.3) is 0 Å². The third-order valence-corrected chi connectivity index (χ3v) is 7.26. The molecule has 0 bridgehead atoms. The largest absolute Gasteiger partial charge is 0.343 e. The molecule has 3 aliphatic heterocycles. The maximum absolute atomic E-state index is 13.1. The molecule has 5 rings (SSSR count). The second-order valence-electron chi connectivity index (χ2n) is 7.93. The molecule has 1 atom stereocenters. The number of carbonyl (C=O) groups is 2. The Kier molecular flexibility index (Phi) is 4.77. The molecule has 2 aromatic rings. The molecule has 9 heteroatoms. The Balaban J connectivity index is 1.38. The summed E-state index contributed by atoms with van der Waals surface area (Å²) in [6.45, 7) is 1.24. The molecule has 0 unspecified atom stereocenters. The zero-order chi connectivity index (χ0) is 21.6. The third-order valence-electron chi connectivity index (χ3n) is 5.94. The number of nitrogens with one attached hydrogen (secondary N) is 1. The summed E-state index contributed by atoms with van der Waals surface area (Å²) < 4.78 is 28.8. The molecule has 31 heavy (non-hydrogen) atoms. The van der Waals surface area contributed by atoms with Crippen LogP contribution in [0.1, 0.15) is 31.2 Å². The Morgan fingerprint density at radius 1 is 1.06 bits per heavy atom. The predicted molar refractivity (Wildman–Crippen MR) is 117 cm³/mol. The highest BCUT2D eigenvalue weighted by Gasteiger charge is 2.39. The van der Waals surface area contributed by atoms with Crippen LogP contribution in [-0.2, 0) is 19.6 Å². The van der Waals surface area contributed by atoms with Gasteiger partial charge in [-0.15, -0.1) is 4.40 Å². The first-order valence-electron chi connectivity index (χ1n) is 10.4. The maximum Gasteiger partial charge on any atom is 0.285 e. The van der Waals surface area contributed by atoms with Gasteiger partial charge in [-0.1, -0.05) is 18.2 Å². The topological polar surface area (TPSA) is 99.2 Å². The minimum atomic E-state index is -3.74. The van der Waals surface area contributed by atoms with E-state index in [0.29, 0.717) is 43.0 Å². The number of likely N-dealkylation sites (tertiary alicyclic amines) is 1. The lowest BCUT2D eigenvalue weighted by atomic mass is 10.1. The van der Waals surface area contributed by atoms with Crippen molar-refractivity contribution in [2.75, 3.05) is 23.3 Å². The van der Waals surface area contributed by atoms with E-state index in [1.807, 2.05) is 12.1 Å². The Hall–Kier alpha value is -3.20. The van der Waals surface area contributed by atoms with Gasteiger partial charge in [0.2, 0.25) is 11.8 Å². The number of benzene rings is 2. The molecule has 0 saturated carbocycles. The number of nitrogens with zero attached hydrogens (tertiary/aromatic N) is 3. The van der Waals surface area contributed by atoms with Gasteiger partial charge in [0.05, 0.1) is 0 Å². The fourth-order valence-corrected chi connectivity index (χ4v) is 5.70. The first-order valence-corrected chi connectivity index (χ1v) is 11.8. The molecule has 0 aromatic heterocycles. The van der Waals surface area contributed by atoms with Crippen molar-refractivity contribution in [3.63, 3.8) is 0 Å². The van der Waals surface area contributed by atoms with E-state index in [0.717, 1.165) is 18.5 Å². The van der Waals surface area contributed by atoms with Gasteiger partial charge in [0.25, 0.3) is 10.0 Å². The van der Waals surface area contributed by atoms with Gasteiger partial charge in [-0.25, -0.2) is 0 Å². The van der Waals surface area contributed by atoms with Crippen molar-refractivity contribution in [1.82, 2.24) is 4.90 Å². The fraction of sp³-hybridized carbons (Fsp3) is 0.318. The summed E-state index contributed by atoms with van der Waals surface area (Å²) in [5.41, 5.74) is 1.91. The molecule has 2 amide bonds. The highest BCUT2D eigenvalue weighted by atomic mass is 32.2. The fourth-order valence-electron chi connectivity index (χ4n) is 4.49. The van der Waals surface area contributed by atoms with Gasteiger partial charge in [-0.2, -0.15) is 8.42 Å². The highest BCUT2D eigenvalue weighted by molar-refractivity contribution is 7.90. The van der Waals surface area contributed by atoms with Gasteiger partial charge >= 0.3 is 0 Å². The summed E-state index contributed by atoms with van der Waals surface area (Å²) in [4.78, 5) is 28.8. The van der Waals surface area contributed by atoms with Gasteiger partial charge in [-0.05, 0) is 49.6 Å². The number of hydrogen-bond donors (Lipinski definition) is 1. The second-order valence-corrected chi connectivity index (χ2v) is 9.50. The van der Waals surface area contributed by atoms with Crippen molar-refractivity contribution < 1.29 is 18.0 Å². The molecule has 0 spiro atoms. The minimum Gasteiger partial charge on any atom is -0.343 e. The molecule has 0 radical (unpaired) electrons. The van der Waals surface area contributed by atoms with Crippen molar-refractivity contribution in [3.8, 4) is 0 Å². The highest BCUT2D eigenvalue weighted by Crippen LogP contribution is 2.32. The van der Waals surface area contributed by atoms with Crippen LogP contribution >= 0.6 is 0 Å². The van der Waals surface area contributed by atoms with Gasteiger partial charge in [-0.3, -0.25) is 9.59 Å². The molecular formula is C22H22N4O4S. The van der Waals surface area contributed by atoms with Crippen LogP contribution in [0.2, 0.25) is 0 Å². The maximum atomic E-state index is 13.1. The Bertz CT molecular complexity index is 1210. The number of hydrogen-bond acceptors (Lipinski definition) is 5. The minimum absolute atomic E-state index is 0.0876. The molecule has 8 nitrogen and oxygen atoms in total. The molecule has 0 aliphatic carbocycles. The van der Waals surface area contributed by atoms with E-state index in [1.54, 1.807) is 40.1 Å². The van der Waals surface area contributed by atoms with Crippen molar-refractivity contribution in [3.05, 3.63) is 54.1 Å². The average molecular weight is 439 g/mol.